The molecular weight excluding hydrogens is 412 g/mol. The monoisotopic (exact) mass is 440 g/mol. The van der Waals surface area contributed by atoms with Gasteiger partial charge in [0.2, 0.25) is 0 Å². The van der Waals surface area contributed by atoms with Gasteiger partial charge in [0, 0.05) is 51.9 Å². The molecule has 11 heteroatoms. The molecule has 2 aliphatic heterocycles. The average Bonchev–Trinajstić information content (AvgIpc) is 2.77. The number of anilines is 1. The number of aliphatic hydroxyl groups excluding tert-OH is 1. The van der Waals surface area contributed by atoms with Crippen LogP contribution in [-0.4, -0.2) is 80.9 Å². The summed E-state index contributed by atoms with van der Waals surface area (Å²) in [6.45, 7) is 2.88. The van der Waals surface area contributed by atoms with Crippen molar-refractivity contribution in [2.45, 2.75) is 30.6 Å². The predicted octanol–water partition coefficient (Wildman–Crippen LogP) is 0.787. The third-order valence-corrected chi connectivity index (χ3v) is 7.33. The molecule has 0 radical (unpaired) electrons. The van der Waals surface area contributed by atoms with E-state index < -0.39 is 20.7 Å². The van der Waals surface area contributed by atoms with E-state index in [-0.39, 0.29) is 40.6 Å². The highest BCUT2D eigenvalue weighted by molar-refractivity contribution is 7.91. The summed E-state index contributed by atoms with van der Waals surface area (Å²) in [5.74, 6) is -0.823. The lowest BCUT2D eigenvalue weighted by molar-refractivity contribution is -0.385. The molecule has 0 spiro atoms. The summed E-state index contributed by atoms with van der Waals surface area (Å²) in [5.41, 5.74) is -0.304. The van der Waals surface area contributed by atoms with Crippen molar-refractivity contribution in [2.75, 3.05) is 56.5 Å². The molecule has 2 aliphatic rings. The summed E-state index contributed by atoms with van der Waals surface area (Å²) in [6.07, 6.45) is 2.81. The Bertz CT molecular complexity index is 893. The zero-order valence-electron chi connectivity index (χ0n) is 16.9. The normalized spacial score (nSPS) is 17.8. The minimum absolute atomic E-state index is 0.0554. The number of benzene rings is 1. The first-order valence-corrected chi connectivity index (χ1v) is 11.9. The molecule has 1 amide bonds. The minimum Gasteiger partial charge on any atom is -0.396 e. The van der Waals surface area contributed by atoms with Crippen LogP contribution in [0.15, 0.2) is 17.0 Å². The van der Waals surface area contributed by atoms with Gasteiger partial charge in [-0.05, 0) is 31.7 Å². The number of hydrogen-bond acceptors (Lipinski definition) is 8. The zero-order valence-corrected chi connectivity index (χ0v) is 17.7. The van der Waals surface area contributed by atoms with Gasteiger partial charge in [0.1, 0.15) is 5.56 Å². The molecule has 0 saturated carbocycles. The minimum atomic E-state index is -3.84. The highest BCUT2D eigenvalue weighted by atomic mass is 32.2. The number of piperazine rings is 1. The molecule has 0 aromatic heterocycles. The summed E-state index contributed by atoms with van der Waals surface area (Å²) in [5, 5.41) is 24.0. The van der Waals surface area contributed by atoms with Gasteiger partial charge in [0.15, 0.2) is 9.84 Å². The van der Waals surface area contributed by atoms with Crippen molar-refractivity contribution in [3.8, 4) is 0 Å². The van der Waals surface area contributed by atoms with Crippen molar-refractivity contribution in [3.05, 3.63) is 27.8 Å². The number of nitrogens with zero attached hydrogens (tertiary/aromatic N) is 3. The number of carbonyl (C=O) groups excluding carboxylic acids is 1. The van der Waals surface area contributed by atoms with Gasteiger partial charge in [0.25, 0.3) is 11.6 Å². The maximum atomic E-state index is 13.1. The van der Waals surface area contributed by atoms with Crippen LogP contribution >= 0.6 is 0 Å². The maximum absolute atomic E-state index is 13.1. The fraction of sp³-hybridized carbons (Fsp3) is 0.632. The van der Waals surface area contributed by atoms with E-state index in [4.69, 9.17) is 5.11 Å². The number of nitrogens with one attached hydrogen (secondary N) is 1. The van der Waals surface area contributed by atoms with Crippen molar-refractivity contribution in [3.63, 3.8) is 0 Å². The number of nitro benzene ring substituents is 1. The number of aliphatic hydroxyl groups is 1. The number of nitro groups is 1. The van der Waals surface area contributed by atoms with E-state index in [2.05, 4.69) is 5.32 Å². The Balaban J connectivity index is 2.13. The summed E-state index contributed by atoms with van der Waals surface area (Å²) in [6, 6.07) is 2.42. The third-order valence-electron chi connectivity index (χ3n) is 5.51. The van der Waals surface area contributed by atoms with E-state index in [1.54, 1.807) is 0 Å². The molecule has 2 fully saturated rings. The van der Waals surface area contributed by atoms with Crippen molar-refractivity contribution in [2.24, 2.45) is 0 Å². The first kappa shape index (κ1) is 22.4. The predicted molar refractivity (Wildman–Crippen MR) is 112 cm³/mol. The van der Waals surface area contributed by atoms with Crippen LogP contribution in [0.5, 0.6) is 0 Å². The molecule has 2 N–H and O–H groups in total. The quantitative estimate of drug-likeness (QED) is 0.470. The number of carbonyl (C=O) groups is 1. The Kier molecular flexibility index (Phi) is 7.27. The topological polar surface area (TPSA) is 133 Å². The second-order valence-electron chi connectivity index (χ2n) is 7.58. The number of amides is 1. The van der Waals surface area contributed by atoms with E-state index in [0.717, 1.165) is 19.3 Å². The van der Waals surface area contributed by atoms with Crippen molar-refractivity contribution in [1.29, 1.82) is 0 Å². The molecule has 0 bridgehead atoms. The molecule has 2 heterocycles. The number of piperidine rings is 1. The molecule has 3 rings (SSSR count). The van der Waals surface area contributed by atoms with Crippen LogP contribution in [0.25, 0.3) is 0 Å². The number of hydrogen-bond donors (Lipinski definition) is 2. The van der Waals surface area contributed by atoms with Crippen molar-refractivity contribution >= 4 is 27.1 Å². The molecule has 0 aliphatic carbocycles. The Morgan fingerprint density at radius 2 is 1.80 bits per heavy atom. The molecule has 2 saturated heterocycles. The SMILES string of the molecule is O=C(c1cc(S(=O)(=O)CCCO)c(N2CCCCC2)cc1[N+](=O)[O-])N1CCNCC1. The lowest BCUT2D eigenvalue weighted by atomic mass is 10.1. The Hall–Kier alpha value is -2.24. The summed E-state index contributed by atoms with van der Waals surface area (Å²) in [4.78, 5) is 27.5. The third kappa shape index (κ3) is 4.90. The van der Waals surface area contributed by atoms with Crippen LogP contribution in [0, 0.1) is 10.1 Å². The molecule has 0 unspecified atom stereocenters. The lowest BCUT2D eigenvalue weighted by Gasteiger charge is -2.31. The lowest BCUT2D eigenvalue weighted by Crippen LogP contribution is -2.46. The molecule has 10 nitrogen and oxygen atoms in total. The van der Waals surface area contributed by atoms with E-state index in [9.17, 15) is 23.3 Å². The summed E-state index contributed by atoms with van der Waals surface area (Å²) >= 11 is 0. The molecule has 30 heavy (non-hydrogen) atoms. The van der Waals surface area contributed by atoms with Gasteiger partial charge in [0.05, 0.1) is 21.3 Å². The Morgan fingerprint density at radius 3 is 2.40 bits per heavy atom. The highest BCUT2D eigenvalue weighted by Crippen LogP contribution is 2.36. The fourth-order valence-corrected chi connectivity index (χ4v) is 5.45. The van der Waals surface area contributed by atoms with Crippen LogP contribution in [0.4, 0.5) is 11.4 Å². The fourth-order valence-electron chi connectivity index (χ4n) is 3.91. The Morgan fingerprint density at radius 1 is 1.13 bits per heavy atom. The number of rotatable bonds is 7. The largest absolute Gasteiger partial charge is 0.396 e. The Labute approximate surface area is 175 Å². The highest BCUT2D eigenvalue weighted by Gasteiger charge is 2.32. The molecule has 1 aromatic carbocycles. The van der Waals surface area contributed by atoms with Crippen LogP contribution in [0.2, 0.25) is 0 Å². The molecule has 0 atom stereocenters. The number of sulfone groups is 1. The van der Waals surface area contributed by atoms with Gasteiger partial charge in [-0.3, -0.25) is 14.9 Å². The molecular formula is C19H28N4O6S. The van der Waals surface area contributed by atoms with Gasteiger partial charge in [-0.15, -0.1) is 0 Å². The van der Waals surface area contributed by atoms with E-state index >= 15 is 0 Å². The van der Waals surface area contributed by atoms with Gasteiger partial charge >= 0.3 is 0 Å². The zero-order chi connectivity index (χ0) is 21.7. The van der Waals surface area contributed by atoms with Crippen LogP contribution in [-0.2, 0) is 9.84 Å². The summed E-state index contributed by atoms with van der Waals surface area (Å²) in [7, 11) is -3.84. The van der Waals surface area contributed by atoms with E-state index in [1.165, 1.54) is 17.0 Å². The van der Waals surface area contributed by atoms with E-state index in [0.29, 0.717) is 39.3 Å². The first-order valence-electron chi connectivity index (χ1n) is 10.3. The molecule has 1 aromatic rings. The second-order valence-corrected chi connectivity index (χ2v) is 9.66. The average molecular weight is 441 g/mol. The van der Waals surface area contributed by atoms with Gasteiger partial charge in [-0.2, -0.15) is 0 Å². The standard InChI is InChI=1S/C19H28N4O6S/c24-11-4-12-30(28,29)18-13-15(19(25)22-9-5-20-6-10-22)16(23(26)27)14-17(18)21-7-2-1-3-8-21/h13-14,20,24H,1-12H2. The van der Waals surface area contributed by atoms with E-state index in [1.807, 2.05) is 4.90 Å². The molecule has 166 valence electrons. The van der Waals surface area contributed by atoms with Crippen LogP contribution in [0.1, 0.15) is 36.0 Å². The van der Waals surface area contributed by atoms with Crippen molar-refractivity contribution < 1.29 is 23.2 Å². The second kappa shape index (κ2) is 9.71. The summed E-state index contributed by atoms with van der Waals surface area (Å²) < 4.78 is 26.1. The smallest absolute Gasteiger partial charge is 0.284 e. The first-order chi connectivity index (χ1) is 14.3. The van der Waals surface area contributed by atoms with Gasteiger partial charge in [-0.25, -0.2) is 8.42 Å². The van der Waals surface area contributed by atoms with Gasteiger partial charge in [-0.1, -0.05) is 0 Å². The van der Waals surface area contributed by atoms with Crippen molar-refractivity contribution in [1.82, 2.24) is 10.2 Å². The van der Waals surface area contributed by atoms with Gasteiger partial charge < -0.3 is 20.2 Å². The van der Waals surface area contributed by atoms with Crippen LogP contribution < -0.4 is 10.2 Å². The maximum Gasteiger partial charge on any atom is 0.284 e. The van der Waals surface area contributed by atoms with Crippen LogP contribution in [0.3, 0.4) is 0 Å².